The fourth-order valence-corrected chi connectivity index (χ4v) is 4.06. The van der Waals surface area contributed by atoms with Gasteiger partial charge in [0.15, 0.2) is 0 Å². The summed E-state index contributed by atoms with van der Waals surface area (Å²) in [7, 11) is -3.59. The smallest absolute Gasteiger partial charge is 0.241 e. The number of nitrogen functional groups attached to an aromatic ring is 1. The van der Waals surface area contributed by atoms with E-state index < -0.39 is 15.6 Å². The molecular weight excluding hydrogens is 332 g/mol. The van der Waals surface area contributed by atoms with Crippen molar-refractivity contribution in [2.45, 2.75) is 36.8 Å². The maximum atomic E-state index is 12.4. The van der Waals surface area contributed by atoms with Crippen molar-refractivity contribution in [3.05, 3.63) is 22.7 Å². The average Bonchev–Trinajstić information content (AvgIpc) is 2.61. The number of hydrogen-bond acceptors (Lipinski definition) is 4. The van der Waals surface area contributed by atoms with E-state index in [1.165, 1.54) is 12.1 Å². The van der Waals surface area contributed by atoms with Crippen LogP contribution >= 0.6 is 15.9 Å². The fourth-order valence-electron chi connectivity index (χ4n) is 2.01. The Morgan fingerprint density at radius 2 is 2.21 bits per heavy atom. The zero-order valence-corrected chi connectivity index (χ0v) is 13.2. The Morgan fingerprint density at radius 1 is 1.53 bits per heavy atom. The van der Waals surface area contributed by atoms with Crippen molar-refractivity contribution in [2.24, 2.45) is 0 Å². The second-order valence-corrected chi connectivity index (χ2v) is 7.51. The van der Waals surface area contributed by atoms with Gasteiger partial charge in [0.05, 0.1) is 16.5 Å². The first-order valence-electron chi connectivity index (χ1n) is 5.95. The van der Waals surface area contributed by atoms with Crippen LogP contribution in [-0.4, -0.2) is 26.7 Å². The van der Waals surface area contributed by atoms with Gasteiger partial charge >= 0.3 is 0 Å². The van der Waals surface area contributed by atoms with Gasteiger partial charge in [-0.25, -0.2) is 13.1 Å². The molecule has 1 aromatic carbocycles. The van der Waals surface area contributed by atoms with Crippen molar-refractivity contribution in [3.63, 3.8) is 0 Å². The Bertz CT molecular complexity index is 591. The van der Waals surface area contributed by atoms with E-state index in [0.29, 0.717) is 23.2 Å². The van der Waals surface area contributed by atoms with Crippen LogP contribution in [0, 0.1) is 0 Å². The molecule has 1 fully saturated rings. The molecule has 3 N–H and O–H groups in total. The summed E-state index contributed by atoms with van der Waals surface area (Å²) in [6.45, 7) is 4.29. The zero-order valence-electron chi connectivity index (χ0n) is 10.8. The third-order valence-electron chi connectivity index (χ3n) is 3.54. The van der Waals surface area contributed by atoms with Crippen LogP contribution in [0.3, 0.4) is 0 Å². The lowest BCUT2D eigenvalue weighted by molar-refractivity contribution is 0.0957. The monoisotopic (exact) mass is 348 g/mol. The predicted molar refractivity (Wildman–Crippen MR) is 77.3 cm³/mol. The molecule has 106 valence electrons. The molecule has 0 spiro atoms. The Labute approximate surface area is 121 Å². The number of rotatable bonds is 3. The first-order chi connectivity index (χ1) is 8.74. The van der Waals surface area contributed by atoms with Crippen molar-refractivity contribution in [2.75, 3.05) is 12.3 Å². The SMILES string of the molecule is CC1OCCC1(C)NS(=O)(=O)c1ccc(N)c(Br)c1. The van der Waals surface area contributed by atoms with Crippen molar-refractivity contribution in [1.29, 1.82) is 0 Å². The standard InChI is InChI=1S/C12H17BrN2O3S/c1-8-12(2,5-6-18-8)15-19(16,17)9-3-4-11(14)10(13)7-9/h3-4,7-8,15H,5-6,14H2,1-2H3. The van der Waals surface area contributed by atoms with E-state index >= 15 is 0 Å². The highest BCUT2D eigenvalue weighted by atomic mass is 79.9. The normalized spacial score (nSPS) is 27.6. The Hall–Kier alpha value is -0.630. The summed E-state index contributed by atoms with van der Waals surface area (Å²) in [5.74, 6) is 0. The number of halogens is 1. The molecule has 1 heterocycles. The molecule has 0 radical (unpaired) electrons. The van der Waals surface area contributed by atoms with Crippen LogP contribution in [0.4, 0.5) is 5.69 Å². The van der Waals surface area contributed by atoms with Gasteiger partial charge < -0.3 is 10.5 Å². The lowest BCUT2D eigenvalue weighted by Gasteiger charge is -2.28. The minimum Gasteiger partial charge on any atom is -0.398 e. The molecule has 1 aliphatic rings. The van der Waals surface area contributed by atoms with E-state index in [4.69, 9.17) is 10.5 Å². The first-order valence-corrected chi connectivity index (χ1v) is 8.23. The number of hydrogen-bond donors (Lipinski definition) is 2. The molecule has 1 saturated heterocycles. The molecule has 19 heavy (non-hydrogen) atoms. The third kappa shape index (κ3) is 2.94. The van der Waals surface area contributed by atoms with Gasteiger partial charge in [-0.05, 0) is 54.4 Å². The predicted octanol–water partition coefficient (Wildman–Crippen LogP) is 1.88. The molecule has 1 aliphatic heterocycles. The Balaban J connectivity index is 2.30. The molecule has 2 atom stereocenters. The van der Waals surface area contributed by atoms with Gasteiger partial charge in [-0.1, -0.05) is 0 Å². The van der Waals surface area contributed by atoms with Crippen LogP contribution in [0.1, 0.15) is 20.3 Å². The summed E-state index contributed by atoms with van der Waals surface area (Å²) in [4.78, 5) is 0.189. The quantitative estimate of drug-likeness (QED) is 0.817. The average molecular weight is 349 g/mol. The van der Waals surface area contributed by atoms with Gasteiger partial charge in [0.2, 0.25) is 10.0 Å². The highest BCUT2D eigenvalue weighted by Crippen LogP contribution is 2.29. The Morgan fingerprint density at radius 3 is 2.74 bits per heavy atom. The summed E-state index contributed by atoms with van der Waals surface area (Å²) >= 11 is 3.23. The van der Waals surface area contributed by atoms with Crippen LogP contribution in [0.5, 0.6) is 0 Å². The van der Waals surface area contributed by atoms with Crippen LogP contribution in [-0.2, 0) is 14.8 Å². The van der Waals surface area contributed by atoms with E-state index in [2.05, 4.69) is 20.7 Å². The Kier molecular flexibility index (Phi) is 3.92. The second kappa shape index (κ2) is 5.05. The van der Waals surface area contributed by atoms with Gasteiger partial charge in [0.25, 0.3) is 0 Å². The summed E-state index contributed by atoms with van der Waals surface area (Å²) in [5, 5.41) is 0. The van der Waals surface area contributed by atoms with Crippen LogP contribution < -0.4 is 10.5 Å². The number of nitrogens with two attached hydrogens (primary N) is 1. The third-order valence-corrected chi connectivity index (χ3v) is 5.83. The van der Waals surface area contributed by atoms with Crippen molar-refractivity contribution < 1.29 is 13.2 Å². The fraction of sp³-hybridized carbons (Fsp3) is 0.500. The van der Waals surface area contributed by atoms with Crippen molar-refractivity contribution in [1.82, 2.24) is 4.72 Å². The van der Waals surface area contributed by atoms with Crippen LogP contribution in [0.25, 0.3) is 0 Å². The van der Waals surface area contributed by atoms with E-state index in [0.717, 1.165) is 0 Å². The number of nitrogens with one attached hydrogen (secondary N) is 1. The summed E-state index contributed by atoms with van der Waals surface area (Å²) in [6, 6.07) is 4.56. The molecular formula is C12H17BrN2O3S. The van der Waals surface area contributed by atoms with Crippen molar-refractivity contribution in [3.8, 4) is 0 Å². The molecule has 0 saturated carbocycles. The van der Waals surface area contributed by atoms with Crippen LogP contribution in [0.2, 0.25) is 0 Å². The van der Waals surface area contributed by atoms with Crippen molar-refractivity contribution >= 4 is 31.6 Å². The van der Waals surface area contributed by atoms with Gasteiger partial charge in [-0.3, -0.25) is 0 Å². The minimum absolute atomic E-state index is 0.153. The number of ether oxygens (including phenoxy) is 1. The lowest BCUT2D eigenvalue weighted by Crippen LogP contribution is -2.50. The lowest BCUT2D eigenvalue weighted by atomic mass is 9.97. The van der Waals surface area contributed by atoms with E-state index in [9.17, 15) is 8.42 Å². The van der Waals surface area contributed by atoms with Gasteiger partial charge in [-0.15, -0.1) is 0 Å². The molecule has 1 aromatic rings. The minimum atomic E-state index is -3.59. The molecule has 0 aromatic heterocycles. The van der Waals surface area contributed by atoms with Crippen LogP contribution in [0.15, 0.2) is 27.6 Å². The van der Waals surface area contributed by atoms with E-state index in [-0.39, 0.29) is 11.0 Å². The summed E-state index contributed by atoms with van der Waals surface area (Å²) < 4.78 is 33.5. The highest BCUT2D eigenvalue weighted by Gasteiger charge is 2.40. The molecule has 0 aliphatic carbocycles. The van der Waals surface area contributed by atoms with Gasteiger partial charge in [0, 0.05) is 16.8 Å². The highest BCUT2D eigenvalue weighted by molar-refractivity contribution is 9.10. The number of sulfonamides is 1. The molecule has 2 rings (SSSR count). The molecule has 5 nitrogen and oxygen atoms in total. The summed E-state index contributed by atoms with van der Waals surface area (Å²) in [6.07, 6.45) is 0.503. The van der Waals surface area contributed by atoms with E-state index in [1.54, 1.807) is 6.07 Å². The summed E-state index contributed by atoms with van der Waals surface area (Å²) in [5.41, 5.74) is 5.59. The first kappa shape index (κ1) is 14.8. The topological polar surface area (TPSA) is 81.4 Å². The molecule has 7 heteroatoms. The number of anilines is 1. The maximum absolute atomic E-state index is 12.4. The molecule has 0 amide bonds. The zero-order chi connectivity index (χ0) is 14.3. The molecule has 2 unspecified atom stereocenters. The van der Waals surface area contributed by atoms with Gasteiger partial charge in [-0.2, -0.15) is 0 Å². The van der Waals surface area contributed by atoms with E-state index in [1.807, 2.05) is 13.8 Å². The largest absolute Gasteiger partial charge is 0.398 e. The molecule has 0 bridgehead atoms. The number of benzene rings is 1. The van der Waals surface area contributed by atoms with Gasteiger partial charge in [0.1, 0.15) is 0 Å². The second-order valence-electron chi connectivity index (χ2n) is 4.97. The maximum Gasteiger partial charge on any atom is 0.241 e.